The van der Waals surface area contributed by atoms with E-state index in [-0.39, 0.29) is 5.91 Å². The van der Waals surface area contributed by atoms with Crippen molar-refractivity contribution in [3.63, 3.8) is 0 Å². The average Bonchev–Trinajstić information content (AvgIpc) is 2.19. The van der Waals surface area contributed by atoms with E-state index in [9.17, 15) is 4.79 Å². The Bertz CT molecular complexity index is 369. The highest BCUT2D eigenvalue weighted by Crippen LogP contribution is 1.97. The third-order valence-corrected chi connectivity index (χ3v) is 1.74. The maximum Gasteiger partial charge on any atom is 0.299 e. The SMILES string of the molecule is CN(Cc1ccncn1)C(=O)C#CBr. The number of rotatable bonds is 2. The Hall–Kier alpha value is -1.41. The molecule has 0 unspecified atom stereocenters. The molecule has 0 atom stereocenters. The molecule has 0 aliphatic carbocycles. The second kappa shape index (κ2) is 5.35. The van der Waals surface area contributed by atoms with Crippen LogP contribution in [-0.2, 0) is 11.3 Å². The topological polar surface area (TPSA) is 46.1 Å². The van der Waals surface area contributed by atoms with Gasteiger partial charge in [-0.15, -0.1) is 0 Å². The molecular weight excluding hydrogens is 246 g/mol. The van der Waals surface area contributed by atoms with Crippen LogP contribution in [0.3, 0.4) is 0 Å². The van der Waals surface area contributed by atoms with Crippen LogP contribution in [0.4, 0.5) is 0 Å². The summed E-state index contributed by atoms with van der Waals surface area (Å²) >= 11 is 2.87. The molecule has 1 aromatic heterocycles. The number of carbonyl (C=O) groups excluding carboxylic acids is 1. The summed E-state index contributed by atoms with van der Waals surface area (Å²) in [7, 11) is 1.67. The van der Waals surface area contributed by atoms with Gasteiger partial charge in [0.25, 0.3) is 5.91 Å². The summed E-state index contributed by atoms with van der Waals surface area (Å²) < 4.78 is 0. The average molecular weight is 254 g/mol. The van der Waals surface area contributed by atoms with Gasteiger partial charge in [0.15, 0.2) is 0 Å². The zero-order valence-corrected chi connectivity index (χ0v) is 9.15. The van der Waals surface area contributed by atoms with Crippen LogP contribution in [-0.4, -0.2) is 27.8 Å². The highest BCUT2D eigenvalue weighted by Gasteiger charge is 2.05. The molecule has 14 heavy (non-hydrogen) atoms. The summed E-state index contributed by atoms with van der Waals surface area (Å²) in [5.41, 5.74) is 0.784. The van der Waals surface area contributed by atoms with Crippen LogP contribution >= 0.6 is 15.9 Å². The zero-order chi connectivity index (χ0) is 10.4. The second-order valence-electron chi connectivity index (χ2n) is 2.58. The van der Waals surface area contributed by atoms with Crippen LogP contribution < -0.4 is 0 Å². The number of amides is 1. The Kier molecular flexibility index (Phi) is 4.08. The lowest BCUT2D eigenvalue weighted by atomic mass is 10.4. The maximum absolute atomic E-state index is 11.2. The Balaban J connectivity index is 2.60. The molecule has 1 aromatic rings. The quantitative estimate of drug-likeness (QED) is 0.733. The molecule has 0 bridgehead atoms. The number of nitrogens with zero attached hydrogens (tertiary/aromatic N) is 3. The van der Waals surface area contributed by atoms with E-state index >= 15 is 0 Å². The molecule has 0 aliphatic rings. The van der Waals surface area contributed by atoms with Crippen LogP contribution in [0.25, 0.3) is 0 Å². The van der Waals surface area contributed by atoms with Gasteiger partial charge in [0.05, 0.1) is 12.2 Å². The van der Waals surface area contributed by atoms with Gasteiger partial charge in [-0.25, -0.2) is 9.97 Å². The molecular formula is C9H8BrN3O. The fourth-order valence-corrected chi connectivity index (χ4v) is 1.03. The molecule has 0 spiro atoms. The normalized spacial score (nSPS) is 8.71. The van der Waals surface area contributed by atoms with Crippen LogP contribution in [0.2, 0.25) is 0 Å². The molecule has 1 rings (SSSR count). The van der Waals surface area contributed by atoms with Crippen LogP contribution in [0.15, 0.2) is 18.6 Å². The molecule has 0 saturated carbocycles. The highest BCUT2D eigenvalue weighted by molar-refractivity contribution is 9.12. The molecule has 5 heteroatoms. The van der Waals surface area contributed by atoms with Gasteiger partial charge in [0, 0.05) is 35.1 Å². The van der Waals surface area contributed by atoms with Gasteiger partial charge in [-0.3, -0.25) is 4.79 Å². The minimum absolute atomic E-state index is 0.250. The molecule has 4 nitrogen and oxygen atoms in total. The van der Waals surface area contributed by atoms with Crippen LogP contribution in [0.5, 0.6) is 0 Å². The summed E-state index contributed by atoms with van der Waals surface area (Å²) in [5, 5.41) is 0. The predicted molar refractivity (Wildman–Crippen MR) is 55.2 cm³/mol. The standard InChI is InChI=1S/C9H8BrN3O/c1-13(9(14)2-4-10)6-8-3-5-11-7-12-8/h3,5,7H,6H2,1H3. The molecule has 1 amide bonds. The number of hydrogen-bond donors (Lipinski definition) is 0. The molecule has 0 aliphatic heterocycles. The third-order valence-electron chi connectivity index (χ3n) is 1.54. The van der Waals surface area contributed by atoms with Gasteiger partial charge in [0.1, 0.15) is 6.33 Å². The lowest BCUT2D eigenvalue weighted by molar-refractivity contribution is -0.124. The van der Waals surface area contributed by atoms with Crippen LogP contribution in [0.1, 0.15) is 5.69 Å². The van der Waals surface area contributed by atoms with E-state index in [1.54, 1.807) is 19.3 Å². The molecule has 0 N–H and O–H groups in total. The van der Waals surface area contributed by atoms with Crippen molar-refractivity contribution in [1.29, 1.82) is 0 Å². The van der Waals surface area contributed by atoms with Crippen molar-refractivity contribution in [2.75, 3.05) is 7.05 Å². The van der Waals surface area contributed by atoms with Crippen molar-refractivity contribution in [2.24, 2.45) is 0 Å². The second-order valence-corrected chi connectivity index (χ2v) is 2.98. The number of hydrogen-bond acceptors (Lipinski definition) is 3. The van der Waals surface area contributed by atoms with E-state index in [0.717, 1.165) is 5.69 Å². The Morgan fingerprint density at radius 3 is 3.07 bits per heavy atom. The van der Waals surface area contributed by atoms with Crippen molar-refractivity contribution in [2.45, 2.75) is 6.54 Å². The minimum atomic E-state index is -0.250. The Labute approximate surface area is 90.5 Å². The summed E-state index contributed by atoms with van der Waals surface area (Å²) in [6.45, 7) is 0.434. The lowest BCUT2D eigenvalue weighted by Crippen LogP contribution is -2.24. The van der Waals surface area contributed by atoms with Gasteiger partial charge in [-0.1, -0.05) is 0 Å². The van der Waals surface area contributed by atoms with E-state index in [2.05, 4.69) is 36.6 Å². The Morgan fingerprint density at radius 1 is 1.71 bits per heavy atom. The number of carbonyl (C=O) groups is 1. The number of halogens is 1. The molecule has 0 radical (unpaired) electrons. The van der Waals surface area contributed by atoms with E-state index in [1.165, 1.54) is 11.2 Å². The first kappa shape index (κ1) is 10.7. The van der Waals surface area contributed by atoms with Crippen molar-refractivity contribution < 1.29 is 4.79 Å². The van der Waals surface area contributed by atoms with Gasteiger partial charge < -0.3 is 4.90 Å². The molecule has 72 valence electrons. The summed E-state index contributed by atoms with van der Waals surface area (Å²) in [4.78, 5) is 22.9. The van der Waals surface area contributed by atoms with Crippen molar-refractivity contribution in [3.8, 4) is 10.8 Å². The van der Waals surface area contributed by atoms with Gasteiger partial charge >= 0.3 is 0 Å². The zero-order valence-electron chi connectivity index (χ0n) is 7.57. The predicted octanol–water partition coefficient (Wildman–Crippen LogP) is 0.791. The number of aromatic nitrogens is 2. The van der Waals surface area contributed by atoms with Gasteiger partial charge in [-0.2, -0.15) is 0 Å². The third kappa shape index (κ3) is 3.15. The van der Waals surface area contributed by atoms with Crippen molar-refractivity contribution >= 4 is 21.8 Å². The summed E-state index contributed by atoms with van der Waals surface area (Å²) in [6, 6.07) is 1.76. The molecule has 0 fully saturated rings. The maximum atomic E-state index is 11.2. The smallest absolute Gasteiger partial charge is 0.299 e. The first-order valence-electron chi connectivity index (χ1n) is 3.85. The lowest BCUT2D eigenvalue weighted by Gasteiger charge is -2.12. The van der Waals surface area contributed by atoms with E-state index in [0.29, 0.717) is 6.54 Å². The first-order chi connectivity index (χ1) is 6.74. The first-order valence-corrected chi connectivity index (χ1v) is 4.65. The van der Waals surface area contributed by atoms with Gasteiger partial charge in [0.2, 0.25) is 0 Å². The summed E-state index contributed by atoms with van der Waals surface area (Å²) in [5.74, 6) is 2.13. The fourth-order valence-electron chi connectivity index (χ4n) is 0.862. The van der Waals surface area contributed by atoms with Crippen molar-refractivity contribution in [1.82, 2.24) is 14.9 Å². The van der Waals surface area contributed by atoms with Crippen LogP contribution in [0, 0.1) is 10.8 Å². The Morgan fingerprint density at radius 2 is 2.50 bits per heavy atom. The molecule has 1 heterocycles. The minimum Gasteiger partial charge on any atom is -0.329 e. The largest absolute Gasteiger partial charge is 0.329 e. The highest BCUT2D eigenvalue weighted by atomic mass is 79.9. The molecule has 0 saturated heterocycles. The molecule has 0 aromatic carbocycles. The van der Waals surface area contributed by atoms with E-state index < -0.39 is 0 Å². The fraction of sp³-hybridized carbons (Fsp3) is 0.222. The van der Waals surface area contributed by atoms with Crippen molar-refractivity contribution in [3.05, 3.63) is 24.3 Å². The monoisotopic (exact) mass is 253 g/mol. The van der Waals surface area contributed by atoms with Gasteiger partial charge in [-0.05, 0) is 10.9 Å². The summed E-state index contributed by atoms with van der Waals surface area (Å²) in [6.07, 6.45) is 3.08. The van der Waals surface area contributed by atoms with E-state index in [4.69, 9.17) is 0 Å². The van der Waals surface area contributed by atoms with E-state index in [1.807, 2.05) is 0 Å².